The number of amides is 1. The molecule has 1 N–H and O–H groups in total. The third kappa shape index (κ3) is 5.00. The lowest BCUT2D eigenvalue weighted by Crippen LogP contribution is -2.57. The number of aromatic carboxylic acids is 1. The summed E-state index contributed by atoms with van der Waals surface area (Å²) in [5.74, 6) is -0.944. The molecule has 0 saturated carbocycles. The van der Waals surface area contributed by atoms with Crippen molar-refractivity contribution in [2.24, 2.45) is 0 Å². The molecular formula is C22H24FNO6. The van der Waals surface area contributed by atoms with E-state index in [2.05, 4.69) is 0 Å². The lowest BCUT2D eigenvalue weighted by Gasteiger charge is -2.39. The number of hydrogen-bond donors (Lipinski definition) is 1. The van der Waals surface area contributed by atoms with Crippen LogP contribution in [-0.4, -0.2) is 54.0 Å². The Balaban J connectivity index is 1.79. The van der Waals surface area contributed by atoms with Crippen LogP contribution in [0.3, 0.4) is 0 Å². The minimum absolute atomic E-state index is 0.0342. The quantitative estimate of drug-likeness (QED) is 0.785. The lowest BCUT2D eigenvalue weighted by molar-refractivity contribution is -0.0221. The second kappa shape index (κ2) is 8.22. The van der Waals surface area contributed by atoms with Gasteiger partial charge in [0.25, 0.3) is 0 Å². The van der Waals surface area contributed by atoms with Crippen molar-refractivity contribution in [3.8, 4) is 22.6 Å². The van der Waals surface area contributed by atoms with Gasteiger partial charge >= 0.3 is 12.1 Å². The maximum atomic E-state index is 14.4. The number of carboxylic acid groups (broad SMARTS) is 1. The topological polar surface area (TPSA) is 85.3 Å². The fourth-order valence-corrected chi connectivity index (χ4v) is 2.98. The molecule has 0 unspecified atom stereocenters. The van der Waals surface area contributed by atoms with Crippen LogP contribution in [0.5, 0.6) is 11.5 Å². The molecule has 1 amide bonds. The molecule has 1 heterocycles. The summed E-state index contributed by atoms with van der Waals surface area (Å²) in [6.45, 7) is 5.99. The Morgan fingerprint density at radius 1 is 1.10 bits per heavy atom. The lowest BCUT2D eigenvalue weighted by atomic mass is 10.0. The van der Waals surface area contributed by atoms with Gasteiger partial charge in [0, 0.05) is 5.56 Å². The molecule has 160 valence electrons. The number of halogens is 1. The van der Waals surface area contributed by atoms with Crippen LogP contribution in [0.1, 0.15) is 31.1 Å². The summed E-state index contributed by atoms with van der Waals surface area (Å²) in [7, 11) is 1.46. The number of methoxy groups -OCH3 is 1. The van der Waals surface area contributed by atoms with E-state index < -0.39 is 23.5 Å². The van der Waals surface area contributed by atoms with Crippen LogP contribution in [0.2, 0.25) is 0 Å². The average molecular weight is 417 g/mol. The molecule has 0 radical (unpaired) electrons. The molecule has 0 spiro atoms. The van der Waals surface area contributed by atoms with Crippen molar-refractivity contribution in [2.45, 2.75) is 32.5 Å². The highest BCUT2D eigenvalue weighted by molar-refractivity contribution is 5.90. The molecule has 2 aromatic carbocycles. The molecule has 1 aliphatic rings. The normalized spacial score (nSPS) is 14.1. The molecular weight excluding hydrogens is 393 g/mol. The van der Waals surface area contributed by atoms with Crippen LogP contribution in [0.15, 0.2) is 36.4 Å². The van der Waals surface area contributed by atoms with E-state index in [-0.39, 0.29) is 23.0 Å². The zero-order valence-electron chi connectivity index (χ0n) is 17.3. The van der Waals surface area contributed by atoms with E-state index in [1.807, 2.05) is 0 Å². The van der Waals surface area contributed by atoms with E-state index in [9.17, 15) is 19.1 Å². The minimum Gasteiger partial charge on any atom is -0.497 e. The van der Waals surface area contributed by atoms with Crippen molar-refractivity contribution in [1.82, 2.24) is 4.90 Å². The number of carboxylic acids is 1. The summed E-state index contributed by atoms with van der Waals surface area (Å²) in [6.07, 6.45) is -0.745. The van der Waals surface area contributed by atoms with Crippen LogP contribution in [0.25, 0.3) is 11.1 Å². The highest BCUT2D eigenvalue weighted by Gasteiger charge is 2.35. The molecule has 1 aliphatic heterocycles. The summed E-state index contributed by atoms with van der Waals surface area (Å²) in [6, 6.07) is 8.55. The van der Waals surface area contributed by atoms with Gasteiger partial charge in [-0.25, -0.2) is 14.0 Å². The molecule has 2 aromatic rings. The number of hydrogen-bond acceptors (Lipinski definition) is 5. The number of carbonyl (C=O) groups excluding carboxylic acids is 1. The minimum atomic E-state index is -1.16. The van der Waals surface area contributed by atoms with Crippen LogP contribution < -0.4 is 9.47 Å². The first kappa shape index (κ1) is 21.4. The third-order valence-electron chi connectivity index (χ3n) is 4.44. The molecule has 0 aromatic heterocycles. The monoisotopic (exact) mass is 417 g/mol. The van der Waals surface area contributed by atoms with E-state index in [0.29, 0.717) is 24.4 Å². The molecule has 30 heavy (non-hydrogen) atoms. The summed E-state index contributed by atoms with van der Waals surface area (Å²) in [5, 5.41) is 9.44. The average Bonchev–Trinajstić information content (AvgIpc) is 2.62. The zero-order chi connectivity index (χ0) is 22.1. The van der Waals surface area contributed by atoms with Gasteiger partial charge in [-0.1, -0.05) is 0 Å². The van der Waals surface area contributed by atoms with Gasteiger partial charge < -0.3 is 24.2 Å². The van der Waals surface area contributed by atoms with E-state index >= 15 is 0 Å². The van der Waals surface area contributed by atoms with Crippen molar-refractivity contribution in [2.75, 3.05) is 20.2 Å². The van der Waals surface area contributed by atoms with Crippen molar-refractivity contribution < 1.29 is 33.3 Å². The van der Waals surface area contributed by atoms with Crippen molar-refractivity contribution in [3.05, 3.63) is 47.8 Å². The van der Waals surface area contributed by atoms with E-state index in [0.717, 1.165) is 0 Å². The number of rotatable bonds is 5. The first-order chi connectivity index (χ1) is 14.1. The fourth-order valence-electron chi connectivity index (χ4n) is 2.98. The van der Waals surface area contributed by atoms with Crippen LogP contribution in [0, 0.1) is 5.82 Å². The highest BCUT2D eigenvalue weighted by Crippen LogP contribution is 2.32. The van der Waals surface area contributed by atoms with Gasteiger partial charge in [0.1, 0.15) is 29.0 Å². The smallest absolute Gasteiger partial charge is 0.410 e. The SMILES string of the molecule is COc1ccc(F)c(-c2cc(OC3CN(C(=O)OC(C)(C)C)C3)cc(C(=O)O)c2)c1. The largest absolute Gasteiger partial charge is 0.497 e. The Labute approximate surface area is 174 Å². The maximum Gasteiger partial charge on any atom is 0.410 e. The van der Waals surface area contributed by atoms with Crippen LogP contribution in [-0.2, 0) is 4.74 Å². The molecule has 0 bridgehead atoms. The van der Waals surface area contributed by atoms with E-state index in [4.69, 9.17) is 14.2 Å². The fraction of sp³-hybridized carbons (Fsp3) is 0.364. The third-order valence-corrected chi connectivity index (χ3v) is 4.44. The maximum absolute atomic E-state index is 14.4. The standard InChI is InChI=1S/C22H24FNO6/c1-22(2,3)30-21(27)24-11-17(12-24)29-16-8-13(7-14(9-16)20(25)26)18-10-15(28-4)5-6-19(18)23/h5-10,17H,11-12H2,1-4H3,(H,25,26). The zero-order valence-corrected chi connectivity index (χ0v) is 17.3. The highest BCUT2D eigenvalue weighted by atomic mass is 19.1. The Morgan fingerprint density at radius 3 is 2.40 bits per heavy atom. The summed E-state index contributed by atoms with van der Waals surface area (Å²) >= 11 is 0. The van der Waals surface area contributed by atoms with Gasteiger partial charge in [-0.2, -0.15) is 0 Å². The summed E-state index contributed by atoms with van der Waals surface area (Å²) in [4.78, 5) is 25.1. The van der Waals surface area contributed by atoms with Crippen LogP contribution >= 0.6 is 0 Å². The summed E-state index contributed by atoms with van der Waals surface area (Å²) < 4.78 is 30.7. The summed E-state index contributed by atoms with van der Waals surface area (Å²) in [5.41, 5.74) is -0.0712. The molecule has 7 nitrogen and oxygen atoms in total. The van der Waals surface area contributed by atoms with Crippen molar-refractivity contribution in [3.63, 3.8) is 0 Å². The van der Waals surface area contributed by atoms with Crippen molar-refractivity contribution in [1.29, 1.82) is 0 Å². The second-order valence-electron chi connectivity index (χ2n) is 8.02. The second-order valence-corrected chi connectivity index (χ2v) is 8.02. The predicted molar refractivity (Wildman–Crippen MR) is 108 cm³/mol. The van der Waals surface area contributed by atoms with E-state index in [1.54, 1.807) is 26.8 Å². The Kier molecular flexibility index (Phi) is 5.87. The Morgan fingerprint density at radius 2 is 1.80 bits per heavy atom. The molecule has 1 fully saturated rings. The Hall–Kier alpha value is -3.29. The van der Waals surface area contributed by atoms with Crippen molar-refractivity contribution >= 4 is 12.1 Å². The number of ether oxygens (including phenoxy) is 3. The number of nitrogens with zero attached hydrogens (tertiary/aromatic N) is 1. The molecule has 3 rings (SSSR count). The van der Waals surface area contributed by atoms with Gasteiger partial charge in [-0.15, -0.1) is 0 Å². The van der Waals surface area contributed by atoms with E-state index in [1.165, 1.54) is 42.3 Å². The molecule has 8 heteroatoms. The molecule has 0 atom stereocenters. The number of likely N-dealkylation sites (tertiary alicyclic amines) is 1. The number of benzene rings is 2. The number of carbonyl (C=O) groups is 2. The molecule has 0 aliphatic carbocycles. The predicted octanol–water partition coefficient (Wildman–Crippen LogP) is 4.20. The molecule has 1 saturated heterocycles. The van der Waals surface area contributed by atoms with Gasteiger partial charge in [0.2, 0.25) is 0 Å². The van der Waals surface area contributed by atoms with Crippen LogP contribution in [0.4, 0.5) is 9.18 Å². The van der Waals surface area contributed by atoms with Gasteiger partial charge in [-0.05, 0) is 62.7 Å². The first-order valence-corrected chi connectivity index (χ1v) is 9.42. The van der Waals surface area contributed by atoms with Gasteiger partial charge in [0.05, 0.1) is 25.8 Å². The van der Waals surface area contributed by atoms with Gasteiger partial charge in [-0.3, -0.25) is 0 Å². The first-order valence-electron chi connectivity index (χ1n) is 9.42. The van der Waals surface area contributed by atoms with Gasteiger partial charge in [0.15, 0.2) is 0 Å². The Bertz CT molecular complexity index is 963.